The van der Waals surface area contributed by atoms with E-state index in [9.17, 15) is 5.11 Å². The van der Waals surface area contributed by atoms with Crippen molar-refractivity contribution in [3.63, 3.8) is 0 Å². The van der Waals surface area contributed by atoms with E-state index in [-0.39, 0.29) is 103 Å². The van der Waals surface area contributed by atoms with Gasteiger partial charge in [-0.2, -0.15) is 0 Å². The molecule has 0 aliphatic rings. The summed E-state index contributed by atoms with van der Waals surface area (Å²) in [6.07, 6.45) is -2.33. The predicted molar refractivity (Wildman–Crippen MR) is 62.9 cm³/mol. The van der Waals surface area contributed by atoms with E-state index < -0.39 is 6.16 Å². The summed E-state index contributed by atoms with van der Waals surface area (Å²) >= 11 is 0. The van der Waals surface area contributed by atoms with Crippen LogP contribution < -0.4 is 113 Å². The Kier molecular flexibility index (Phi) is 9.85. The Morgan fingerprint density at radius 2 is 1.50 bits per heavy atom. The number of carbonyl (C=O) groups is 1. The quantitative estimate of drug-likeness (QED) is 0.404. The molecule has 0 saturated carbocycles. The molecule has 3 rings (SSSR count). The standard InChI is InChI=1S/C12H9NO.CH2O3.2K/c14-8-5-6-10-9-3-1-2-4-11(9)13-12(10)7-8;2-1(3)4;;/h1-7,13-14H;(H2,2,3,4);;/q;;2*+1/p-2. The zero-order valence-corrected chi connectivity index (χ0v) is 17.5. The van der Waals surface area contributed by atoms with Crippen molar-refractivity contribution in [1.29, 1.82) is 0 Å². The van der Waals surface area contributed by atoms with Crippen molar-refractivity contribution in [2.45, 2.75) is 0 Å². The molecule has 0 atom stereocenters. The van der Waals surface area contributed by atoms with Crippen molar-refractivity contribution >= 4 is 28.0 Å². The Hall–Kier alpha value is 0.583. The Morgan fingerprint density at radius 3 is 2.15 bits per heavy atom. The zero-order chi connectivity index (χ0) is 13.1. The van der Waals surface area contributed by atoms with Gasteiger partial charge in [0.25, 0.3) is 0 Å². The Labute approximate surface area is 200 Å². The Balaban J connectivity index is 0.000000542. The summed E-state index contributed by atoms with van der Waals surface area (Å²) in [5.74, 6) is 0.295. The molecule has 0 aliphatic heterocycles. The second kappa shape index (κ2) is 9.57. The molecule has 20 heavy (non-hydrogen) atoms. The molecule has 1 aromatic heterocycles. The summed E-state index contributed by atoms with van der Waals surface area (Å²) in [6, 6.07) is 13.5. The van der Waals surface area contributed by atoms with Crippen molar-refractivity contribution < 1.29 is 123 Å². The number of benzene rings is 2. The minimum absolute atomic E-state index is 0. The smallest absolute Gasteiger partial charge is 0.652 e. The molecular formula is C13H9K2NO4. The van der Waals surface area contributed by atoms with Crippen LogP contribution >= 0.6 is 0 Å². The van der Waals surface area contributed by atoms with Gasteiger partial charge >= 0.3 is 103 Å². The number of carboxylic acid groups (broad SMARTS) is 2. The molecule has 0 bridgehead atoms. The normalized spacial score (nSPS) is 9.00. The van der Waals surface area contributed by atoms with Crippen LogP contribution in [0.25, 0.3) is 21.8 Å². The summed E-state index contributed by atoms with van der Waals surface area (Å²) < 4.78 is 0. The van der Waals surface area contributed by atoms with Crippen LogP contribution in [0, 0.1) is 0 Å². The molecule has 0 unspecified atom stereocenters. The van der Waals surface area contributed by atoms with Crippen LogP contribution in [0.15, 0.2) is 42.5 Å². The summed E-state index contributed by atoms with van der Waals surface area (Å²) in [4.78, 5) is 11.6. The van der Waals surface area contributed by atoms with Crippen molar-refractivity contribution in [3.8, 4) is 5.75 Å². The summed E-state index contributed by atoms with van der Waals surface area (Å²) in [5.41, 5.74) is 2.08. The minimum atomic E-state index is -2.33. The van der Waals surface area contributed by atoms with E-state index in [0.29, 0.717) is 5.75 Å². The molecule has 7 heteroatoms. The van der Waals surface area contributed by atoms with Crippen molar-refractivity contribution in [3.05, 3.63) is 42.5 Å². The number of nitrogens with one attached hydrogen (secondary N) is 1. The maximum Gasteiger partial charge on any atom is 1.00 e. The van der Waals surface area contributed by atoms with E-state index >= 15 is 0 Å². The monoisotopic (exact) mass is 321 g/mol. The number of phenols is 1. The molecule has 2 aromatic carbocycles. The second-order valence-electron chi connectivity index (χ2n) is 3.65. The number of aromatic nitrogens is 1. The van der Waals surface area contributed by atoms with E-state index in [0.717, 1.165) is 16.4 Å². The summed E-state index contributed by atoms with van der Waals surface area (Å²) in [7, 11) is 0. The van der Waals surface area contributed by atoms with Gasteiger partial charge < -0.3 is 25.1 Å². The van der Waals surface area contributed by atoms with Crippen molar-refractivity contribution in [2.75, 3.05) is 0 Å². The van der Waals surface area contributed by atoms with Crippen molar-refractivity contribution in [1.82, 2.24) is 4.98 Å². The number of phenolic OH excluding ortho intramolecular Hbond substituents is 1. The molecule has 1 heterocycles. The summed E-state index contributed by atoms with van der Waals surface area (Å²) in [6.45, 7) is 0. The van der Waals surface area contributed by atoms with Gasteiger partial charge in [-0.1, -0.05) is 18.2 Å². The largest absolute Gasteiger partial charge is 1.00 e. The van der Waals surface area contributed by atoms with Gasteiger partial charge in [0.1, 0.15) is 5.75 Å². The first kappa shape index (κ1) is 20.6. The number of hydrogen-bond donors (Lipinski definition) is 2. The van der Waals surface area contributed by atoms with E-state index in [4.69, 9.17) is 15.0 Å². The minimum Gasteiger partial charge on any atom is -0.652 e. The topological polar surface area (TPSA) is 99.2 Å². The number of para-hydroxylation sites is 1. The van der Waals surface area contributed by atoms with Crippen LogP contribution in [0.3, 0.4) is 0 Å². The number of hydrogen-bond acceptors (Lipinski definition) is 4. The Morgan fingerprint density at radius 1 is 0.950 bits per heavy atom. The molecule has 0 saturated heterocycles. The maximum atomic E-state index is 9.34. The number of rotatable bonds is 0. The van der Waals surface area contributed by atoms with E-state index in [1.54, 1.807) is 12.1 Å². The van der Waals surface area contributed by atoms with Gasteiger partial charge in [0.05, 0.1) is 5.52 Å². The van der Waals surface area contributed by atoms with Crippen LogP contribution in [-0.2, 0) is 0 Å². The van der Waals surface area contributed by atoms with Crippen LogP contribution in [0.5, 0.6) is 5.75 Å². The molecule has 0 spiro atoms. The second-order valence-corrected chi connectivity index (χ2v) is 3.65. The fourth-order valence-corrected chi connectivity index (χ4v) is 1.84. The van der Waals surface area contributed by atoms with Crippen LogP contribution in [0.1, 0.15) is 0 Å². The van der Waals surface area contributed by atoms with E-state index in [1.807, 2.05) is 24.3 Å². The Bertz CT molecular complexity index is 708. The zero-order valence-electron chi connectivity index (χ0n) is 11.2. The third-order valence-corrected chi connectivity index (χ3v) is 2.49. The van der Waals surface area contributed by atoms with Crippen molar-refractivity contribution in [2.24, 2.45) is 0 Å². The van der Waals surface area contributed by atoms with E-state index in [2.05, 4.69) is 11.1 Å². The first-order valence-corrected chi connectivity index (χ1v) is 5.15. The molecule has 0 fully saturated rings. The van der Waals surface area contributed by atoms with E-state index in [1.165, 1.54) is 5.39 Å². The number of aromatic amines is 1. The van der Waals surface area contributed by atoms with Gasteiger partial charge in [-0.05, 0) is 24.4 Å². The third-order valence-electron chi connectivity index (χ3n) is 2.49. The van der Waals surface area contributed by atoms with Gasteiger partial charge in [0.2, 0.25) is 0 Å². The van der Waals surface area contributed by atoms with Crippen LogP contribution in [-0.4, -0.2) is 16.2 Å². The van der Waals surface area contributed by atoms with Crippen LogP contribution in [0.2, 0.25) is 0 Å². The molecule has 0 aliphatic carbocycles. The molecular weight excluding hydrogens is 312 g/mol. The first-order valence-electron chi connectivity index (χ1n) is 5.15. The molecule has 92 valence electrons. The average Bonchev–Trinajstić information content (AvgIpc) is 2.65. The maximum absolute atomic E-state index is 9.34. The molecule has 0 amide bonds. The summed E-state index contributed by atoms with van der Waals surface area (Å²) in [5, 5.41) is 28.4. The first-order chi connectivity index (χ1) is 8.58. The number of carbonyl (C=O) groups excluding carboxylic acids is 1. The molecule has 3 aromatic rings. The molecule has 2 N–H and O–H groups in total. The molecule has 0 radical (unpaired) electrons. The fraction of sp³-hybridized carbons (Fsp3) is 0. The number of fused-ring (bicyclic) bond motifs is 3. The van der Waals surface area contributed by atoms with Crippen LogP contribution in [0.4, 0.5) is 4.79 Å². The van der Waals surface area contributed by atoms with Gasteiger partial charge in [0, 0.05) is 22.4 Å². The fourth-order valence-electron chi connectivity index (χ4n) is 1.84. The molecule has 5 nitrogen and oxygen atoms in total. The third kappa shape index (κ3) is 5.41. The number of H-pyrrole nitrogens is 1. The SMILES string of the molecule is O=C([O-])[O-].Oc1ccc2c(c1)[nH]c1ccccc12.[K+].[K+]. The van der Waals surface area contributed by atoms with Gasteiger partial charge in [-0.3, -0.25) is 0 Å². The van der Waals surface area contributed by atoms with Gasteiger partial charge in [-0.25, -0.2) is 0 Å². The average molecular weight is 321 g/mol. The van der Waals surface area contributed by atoms with Gasteiger partial charge in [0.15, 0.2) is 0 Å². The van der Waals surface area contributed by atoms with Gasteiger partial charge in [-0.15, -0.1) is 0 Å². The number of aromatic hydroxyl groups is 1. The predicted octanol–water partition coefficient (Wildman–Crippen LogP) is -5.41.